The summed E-state index contributed by atoms with van der Waals surface area (Å²) in [7, 11) is 4.07. The van der Waals surface area contributed by atoms with Crippen molar-refractivity contribution in [3.8, 4) is 0 Å². The molecule has 0 aliphatic heterocycles. The Morgan fingerprint density at radius 1 is 1.50 bits per heavy atom. The van der Waals surface area contributed by atoms with Gasteiger partial charge in [-0.05, 0) is 38.9 Å². The van der Waals surface area contributed by atoms with Crippen LogP contribution in [-0.4, -0.2) is 26.7 Å². The summed E-state index contributed by atoms with van der Waals surface area (Å²) < 4.78 is 0. The van der Waals surface area contributed by atoms with Crippen molar-refractivity contribution in [1.29, 1.82) is 0 Å². The van der Waals surface area contributed by atoms with Crippen LogP contribution in [0.1, 0.15) is 13.3 Å². The van der Waals surface area contributed by atoms with Crippen LogP contribution in [-0.2, 0) is 0 Å². The van der Waals surface area contributed by atoms with Gasteiger partial charge in [-0.2, -0.15) is 0 Å². The highest BCUT2D eigenvalue weighted by atomic mass is 14.9. The molecule has 3 unspecified atom stereocenters. The molecule has 0 saturated heterocycles. The van der Waals surface area contributed by atoms with Crippen LogP contribution < -0.4 is 10.6 Å². The Bertz CT molecular complexity index is 103. The van der Waals surface area contributed by atoms with Crippen LogP contribution in [0.2, 0.25) is 0 Å². The van der Waals surface area contributed by atoms with Gasteiger partial charge in [0, 0.05) is 6.04 Å². The second-order valence-electron chi connectivity index (χ2n) is 3.33. The Hall–Kier alpha value is -0.0800. The molecule has 0 bridgehead atoms. The lowest BCUT2D eigenvalue weighted by atomic mass is 10.1. The predicted octanol–water partition coefficient (Wildman–Crippen LogP) is 0.450. The molecular weight excluding hydrogens is 124 g/mol. The van der Waals surface area contributed by atoms with E-state index in [-0.39, 0.29) is 0 Å². The molecule has 1 aliphatic rings. The maximum Gasteiger partial charge on any atom is 0.00992 e. The summed E-state index contributed by atoms with van der Waals surface area (Å²) in [6.07, 6.45) is 1.37. The van der Waals surface area contributed by atoms with E-state index in [0.29, 0.717) is 0 Å². The fourth-order valence-corrected chi connectivity index (χ4v) is 1.65. The molecular formula is C8H18N2. The van der Waals surface area contributed by atoms with Crippen LogP contribution in [0.4, 0.5) is 0 Å². The van der Waals surface area contributed by atoms with E-state index in [1.54, 1.807) is 0 Å². The zero-order valence-corrected chi connectivity index (χ0v) is 7.15. The fraction of sp³-hybridized carbons (Fsp3) is 1.00. The minimum Gasteiger partial charge on any atom is -0.319 e. The lowest BCUT2D eigenvalue weighted by Crippen LogP contribution is -2.21. The van der Waals surface area contributed by atoms with Gasteiger partial charge in [0.1, 0.15) is 0 Å². The molecule has 10 heavy (non-hydrogen) atoms. The molecule has 2 N–H and O–H groups in total. The lowest BCUT2D eigenvalue weighted by molar-refractivity contribution is 0.462. The van der Waals surface area contributed by atoms with Crippen molar-refractivity contribution in [3.63, 3.8) is 0 Å². The smallest absolute Gasteiger partial charge is 0.00992 e. The Morgan fingerprint density at radius 3 is 2.60 bits per heavy atom. The first kappa shape index (κ1) is 8.02. The van der Waals surface area contributed by atoms with Gasteiger partial charge in [0.2, 0.25) is 0 Å². The molecule has 0 aromatic heterocycles. The maximum absolute atomic E-state index is 3.30. The summed E-state index contributed by atoms with van der Waals surface area (Å²) in [5, 5.41) is 6.51. The monoisotopic (exact) mass is 142 g/mol. The molecule has 1 fully saturated rings. The minimum atomic E-state index is 0.809. The Balaban J connectivity index is 2.12. The highest BCUT2D eigenvalue weighted by Crippen LogP contribution is 2.36. The second-order valence-corrected chi connectivity index (χ2v) is 3.33. The Morgan fingerprint density at radius 2 is 2.20 bits per heavy atom. The van der Waals surface area contributed by atoms with Crippen LogP contribution >= 0.6 is 0 Å². The van der Waals surface area contributed by atoms with E-state index in [2.05, 4.69) is 24.6 Å². The lowest BCUT2D eigenvalue weighted by Gasteiger charge is -2.08. The van der Waals surface area contributed by atoms with Crippen molar-refractivity contribution in [2.75, 3.05) is 20.6 Å². The molecule has 3 atom stereocenters. The van der Waals surface area contributed by atoms with Crippen molar-refractivity contribution >= 4 is 0 Å². The number of hydrogen-bond donors (Lipinski definition) is 2. The van der Waals surface area contributed by atoms with Crippen LogP contribution in [0.15, 0.2) is 0 Å². The van der Waals surface area contributed by atoms with Crippen molar-refractivity contribution in [2.24, 2.45) is 11.8 Å². The van der Waals surface area contributed by atoms with Gasteiger partial charge in [0.15, 0.2) is 0 Å². The van der Waals surface area contributed by atoms with Crippen molar-refractivity contribution < 1.29 is 0 Å². The van der Waals surface area contributed by atoms with E-state index in [0.717, 1.165) is 24.4 Å². The normalized spacial score (nSPS) is 33.9. The zero-order chi connectivity index (χ0) is 7.56. The van der Waals surface area contributed by atoms with Gasteiger partial charge < -0.3 is 10.6 Å². The molecule has 1 rings (SSSR count). The van der Waals surface area contributed by atoms with E-state index < -0.39 is 0 Å². The molecule has 2 heteroatoms. The molecule has 0 spiro atoms. The third-order valence-electron chi connectivity index (χ3n) is 2.47. The van der Waals surface area contributed by atoms with E-state index in [4.69, 9.17) is 0 Å². The SMILES string of the molecule is CNCC(C)C1CC1NC. The molecule has 0 aromatic rings. The van der Waals surface area contributed by atoms with Crippen LogP contribution in [0.3, 0.4) is 0 Å². The highest BCUT2D eigenvalue weighted by molar-refractivity contribution is 4.95. The van der Waals surface area contributed by atoms with Gasteiger partial charge in [0.25, 0.3) is 0 Å². The fourth-order valence-electron chi connectivity index (χ4n) is 1.65. The molecule has 0 aromatic carbocycles. The largest absolute Gasteiger partial charge is 0.319 e. The summed E-state index contributed by atoms with van der Waals surface area (Å²) in [5.41, 5.74) is 0. The highest BCUT2D eigenvalue weighted by Gasteiger charge is 2.39. The van der Waals surface area contributed by atoms with Gasteiger partial charge in [-0.15, -0.1) is 0 Å². The molecule has 0 radical (unpaired) electrons. The predicted molar refractivity (Wildman–Crippen MR) is 44.0 cm³/mol. The molecule has 1 saturated carbocycles. The average Bonchev–Trinajstić information content (AvgIpc) is 2.66. The second kappa shape index (κ2) is 3.35. The molecule has 60 valence electrons. The first-order valence-electron chi connectivity index (χ1n) is 4.11. The van der Waals surface area contributed by atoms with Gasteiger partial charge in [0.05, 0.1) is 0 Å². The molecule has 1 aliphatic carbocycles. The Labute approximate surface area is 63.4 Å². The Kier molecular flexibility index (Phi) is 2.69. The summed E-state index contributed by atoms with van der Waals surface area (Å²) in [6.45, 7) is 3.47. The van der Waals surface area contributed by atoms with E-state index >= 15 is 0 Å². The van der Waals surface area contributed by atoms with Crippen LogP contribution in [0, 0.1) is 11.8 Å². The van der Waals surface area contributed by atoms with Gasteiger partial charge >= 0.3 is 0 Å². The summed E-state index contributed by atoms with van der Waals surface area (Å²) in [5.74, 6) is 1.76. The summed E-state index contributed by atoms with van der Waals surface area (Å²) in [6, 6.07) is 0.809. The summed E-state index contributed by atoms with van der Waals surface area (Å²) >= 11 is 0. The molecule has 0 heterocycles. The number of nitrogens with one attached hydrogen (secondary N) is 2. The van der Waals surface area contributed by atoms with Gasteiger partial charge in [-0.1, -0.05) is 6.92 Å². The van der Waals surface area contributed by atoms with Gasteiger partial charge in [-0.3, -0.25) is 0 Å². The summed E-state index contributed by atoms with van der Waals surface area (Å²) in [4.78, 5) is 0. The quantitative estimate of drug-likeness (QED) is 0.595. The van der Waals surface area contributed by atoms with Crippen molar-refractivity contribution in [1.82, 2.24) is 10.6 Å². The van der Waals surface area contributed by atoms with Gasteiger partial charge in [-0.25, -0.2) is 0 Å². The number of rotatable bonds is 4. The molecule has 0 amide bonds. The first-order chi connectivity index (χ1) is 4.79. The first-order valence-corrected chi connectivity index (χ1v) is 4.11. The zero-order valence-electron chi connectivity index (χ0n) is 7.15. The van der Waals surface area contributed by atoms with Crippen molar-refractivity contribution in [2.45, 2.75) is 19.4 Å². The topological polar surface area (TPSA) is 24.1 Å². The van der Waals surface area contributed by atoms with E-state index in [1.165, 1.54) is 6.42 Å². The average molecular weight is 142 g/mol. The van der Waals surface area contributed by atoms with E-state index in [9.17, 15) is 0 Å². The molecule has 2 nitrogen and oxygen atoms in total. The number of hydrogen-bond acceptors (Lipinski definition) is 2. The maximum atomic E-state index is 3.30. The van der Waals surface area contributed by atoms with Crippen LogP contribution in [0.5, 0.6) is 0 Å². The van der Waals surface area contributed by atoms with Crippen LogP contribution in [0.25, 0.3) is 0 Å². The third kappa shape index (κ3) is 1.70. The third-order valence-corrected chi connectivity index (χ3v) is 2.47. The minimum absolute atomic E-state index is 0.809. The van der Waals surface area contributed by atoms with Crippen molar-refractivity contribution in [3.05, 3.63) is 0 Å². The standard InChI is InChI=1S/C8H18N2/c1-6(5-9-2)7-4-8(7)10-3/h6-10H,4-5H2,1-3H3. The van der Waals surface area contributed by atoms with E-state index in [1.807, 2.05) is 7.05 Å².